The predicted octanol–water partition coefficient (Wildman–Crippen LogP) is 2.56. The highest BCUT2D eigenvalue weighted by molar-refractivity contribution is 6.30. The number of nitrogens with zero attached hydrogens (tertiary/aromatic N) is 4. The Labute approximate surface area is 209 Å². The molecule has 3 heterocycles. The highest BCUT2D eigenvalue weighted by atomic mass is 35.5. The van der Waals surface area contributed by atoms with E-state index in [-0.39, 0.29) is 28.5 Å². The number of ether oxygens (including phenoxy) is 1. The second-order valence-corrected chi connectivity index (χ2v) is 9.75. The van der Waals surface area contributed by atoms with Crippen LogP contribution >= 0.6 is 11.6 Å². The lowest BCUT2D eigenvalue weighted by Gasteiger charge is -2.49. The topological polar surface area (TPSA) is 91.2 Å². The van der Waals surface area contributed by atoms with Crippen molar-refractivity contribution in [2.45, 2.75) is 12.5 Å². The molecule has 2 fully saturated rings. The summed E-state index contributed by atoms with van der Waals surface area (Å²) in [7, 11) is 0. The van der Waals surface area contributed by atoms with Gasteiger partial charge in [0, 0.05) is 74.3 Å². The molecule has 10 heteroatoms. The molecular formula is C25H30ClN5O4. The maximum atomic E-state index is 13.5. The molecule has 0 unspecified atom stereocenters. The first-order valence-corrected chi connectivity index (χ1v) is 12.5. The maximum Gasteiger partial charge on any atom is 0.269 e. The molecule has 0 saturated carbocycles. The molecule has 0 bridgehead atoms. The monoisotopic (exact) mass is 499 g/mol. The lowest BCUT2D eigenvalue weighted by Crippen LogP contribution is -2.61. The lowest BCUT2D eigenvalue weighted by atomic mass is 9.83. The Bertz CT molecular complexity index is 1080. The number of hydrogen-bond acceptors (Lipinski definition) is 7. The molecule has 9 nitrogen and oxygen atoms in total. The third kappa shape index (κ3) is 5.22. The number of fused-ring (bicyclic) bond motifs is 3. The molecule has 186 valence electrons. The van der Waals surface area contributed by atoms with E-state index in [1.54, 1.807) is 12.1 Å². The second kappa shape index (κ2) is 10.4. The highest BCUT2D eigenvalue weighted by Gasteiger charge is 2.42. The third-order valence-corrected chi connectivity index (χ3v) is 7.52. The molecule has 3 aliphatic heterocycles. The Morgan fingerprint density at radius 1 is 1.11 bits per heavy atom. The highest BCUT2D eigenvalue weighted by Crippen LogP contribution is 2.38. The summed E-state index contributed by atoms with van der Waals surface area (Å²) in [6.07, 6.45) is 0.482. The van der Waals surface area contributed by atoms with Crippen LogP contribution in [0.2, 0.25) is 5.02 Å². The molecule has 1 N–H and O–H groups in total. The van der Waals surface area contributed by atoms with Crippen LogP contribution in [0.15, 0.2) is 42.5 Å². The molecule has 2 aromatic rings. The molecule has 3 aliphatic rings. The SMILES string of the molecule is O=C(NCCN1CCOCC1)[C@@H]1Cc2cc([N+](=O)[O-])ccc2N2CCN(c3ccc(Cl)cc3)C[C@@H]12. The van der Waals surface area contributed by atoms with E-state index in [4.69, 9.17) is 16.3 Å². The first-order valence-electron chi connectivity index (χ1n) is 12.1. The van der Waals surface area contributed by atoms with Gasteiger partial charge in [-0.25, -0.2) is 0 Å². The normalized spacial score (nSPS) is 22.3. The Morgan fingerprint density at radius 2 is 1.89 bits per heavy atom. The number of morpholine rings is 1. The Kier molecular flexibility index (Phi) is 7.08. The van der Waals surface area contributed by atoms with Crippen molar-refractivity contribution in [2.75, 3.05) is 68.8 Å². The average molecular weight is 500 g/mol. The molecule has 0 spiro atoms. The number of benzene rings is 2. The van der Waals surface area contributed by atoms with Gasteiger partial charge in [-0.05, 0) is 42.3 Å². The summed E-state index contributed by atoms with van der Waals surface area (Å²) < 4.78 is 5.40. The van der Waals surface area contributed by atoms with E-state index in [9.17, 15) is 14.9 Å². The van der Waals surface area contributed by atoms with Crippen LogP contribution in [0.4, 0.5) is 17.1 Å². The van der Waals surface area contributed by atoms with E-state index in [1.807, 2.05) is 30.3 Å². The summed E-state index contributed by atoms with van der Waals surface area (Å²) in [5.41, 5.74) is 3.00. The van der Waals surface area contributed by atoms with Crippen molar-refractivity contribution in [3.63, 3.8) is 0 Å². The van der Waals surface area contributed by atoms with Gasteiger partial charge in [-0.3, -0.25) is 19.8 Å². The zero-order valence-corrected chi connectivity index (χ0v) is 20.3. The van der Waals surface area contributed by atoms with Crippen molar-refractivity contribution < 1.29 is 14.5 Å². The van der Waals surface area contributed by atoms with E-state index in [0.717, 1.165) is 62.9 Å². The van der Waals surface area contributed by atoms with E-state index < -0.39 is 0 Å². The Hall–Kier alpha value is -2.88. The minimum absolute atomic E-state index is 0.00312. The standard InChI is InChI=1S/C25H30ClN5O4/c26-19-1-3-20(4-2-19)29-9-10-30-23-6-5-21(31(33)34)15-18(23)16-22(24(30)17-29)25(32)27-7-8-28-11-13-35-14-12-28/h1-6,15,22,24H,7-14,16-17H2,(H,27,32)/t22-,24+/m1/s1. The molecule has 0 aromatic heterocycles. The molecule has 2 atom stereocenters. The van der Waals surface area contributed by atoms with Crippen LogP contribution in [0.5, 0.6) is 0 Å². The smallest absolute Gasteiger partial charge is 0.269 e. The molecule has 35 heavy (non-hydrogen) atoms. The third-order valence-electron chi connectivity index (χ3n) is 7.27. The van der Waals surface area contributed by atoms with Gasteiger partial charge in [-0.2, -0.15) is 0 Å². The number of amides is 1. The number of piperazine rings is 1. The van der Waals surface area contributed by atoms with Gasteiger partial charge in [0.05, 0.1) is 30.1 Å². The summed E-state index contributed by atoms with van der Waals surface area (Å²) in [5.74, 6) is -0.298. The van der Waals surface area contributed by atoms with Crippen LogP contribution in [0.25, 0.3) is 0 Å². The summed E-state index contributed by atoms with van der Waals surface area (Å²) in [5, 5.41) is 15.2. The predicted molar refractivity (Wildman–Crippen MR) is 135 cm³/mol. The number of halogens is 1. The fraction of sp³-hybridized carbons (Fsp3) is 0.480. The number of non-ortho nitro benzene ring substituents is 1. The first kappa shape index (κ1) is 23.8. The molecule has 0 radical (unpaired) electrons. The largest absolute Gasteiger partial charge is 0.379 e. The first-order chi connectivity index (χ1) is 17.0. The van der Waals surface area contributed by atoms with Crippen molar-refractivity contribution in [1.82, 2.24) is 10.2 Å². The number of carbonyl (C=O) groups is 1. The van der Waals surface area contributed by atoms with Crippen LogP contribution in [0, 0.1) is 16.0 Å². The summed E-state index contributed by atoms with van der Waals surface area (Å²) in [6, 6.07) is 12.8. The number of carbonyl (C=O) groups excluding carboxylic acids is 1. The number of anilines is 2. The zero-order chi connectivity index (χ0) is 24.4. The summed E-state index contributed by atoms with van der Waals surface area (Å²) in [6.45, 7) is 6.79. The Morgan fingerprint density at radius 3 is 2.63 bits per heavy atom. The number of rotatable bonds is 6. The van der Waals surface area contributed by atoms with E-state index in [1.165, 1.54) is 0 Å². The molecule has 2 aromatic carbocycles. The van der Waals surface area contributed by atoms with Gasteiger partial charge >= 0.3 is 0 Å². The fourth-order valence-corrected chi connectivity index (χ4v) is 5.53. The van der Waals surface area contributed by atoms with Crippen molar-refractivity contribution in [2.24, 2.45) is 5.92 Å². The lowest BCUT2D eigenvalue weighted by molar-refractivity contribution is -0.384. The van der Waals surface area contributed by atoms with Crippen LogP contribution in [-0.2, 0) is 16.0 Å². The molecule has 2 saturated heterocycles. The summed E-state index contributed by atoms with van der Waals surface area (Å²) in [4.78, 5) is 31.3. The molecule has 0 aliphatic carbocycles. The van der Waals surface area contributed by atoms with Gasteiger partial charge in [-0.15, -0.1) is 0 Å². The molecular weight excluding hydrogens is 470 g/mol. The fourth-order valence-electron chi connectivity index (χ4n) is 5.40. The van der Waals surface area contributed by atoms with Crippen molar-refractivity contribution in [1.29, 1.82) is 0 Å². The second-order valence-electron chi connectivity index (χ2n) is 9.31. The number of nitro benzene ring substituents is 1. The van der Waals surface area contributed by atoms with Crippen LogP contribution in [-0.4, -0.2) is 80.8 Å². The van der Waals surface area contributed by atoms with Gasteiger partial charge < -0.3 is 19.9 Å². The quantitative estimate of drug-likeness (QED) is 0.482. The van der Waals surface area contributed by atoms with Gasteiger partial charge in [0.2, 0.25) is 5.91 Å². The number of nitro groups is 1. The van der Waals surface area contributed by atoms with E-state index in [2.05, 4.69) is 20.0 Å². The average Bonchev–Trinajstić information content (AvgIpc) is 2.88. The number of nitrogens with one attached hydrogen (secondary N) is 1. The van der Waals surface area contributed by atoms with Crippen molar-refractivity contribution in [3.8, 4) is 0 Å². The van der Waals surface area contributed by atoms with Crippen LogP contribution in [0.3, 0.4) is 0 Å². The van der Waals surface area contributed by atoms with E-state index in [0.29, 0.717) is 24.5 Å². The zero-order valence-electron chi connectivity index (χ0n) is 19.6. The minimum Gasteiger partial charge on any atom is -0.379 e. The Balaban J connectivity index is 1.36. The minimum atomic E-state index is -0.373. The maximum absolute atomic E-state index is 13.5. The number of hydrogen-bond donors (Lipinski definition) is 1. The summed E-state index contributed by atoms with van der Waals surface area (Å²) >= 11 is 6.08. The van der Waals surface area contributed by atoms with Crippen molar-refractivity contribution >= 4 is 34.6 Å². The van der Waals surface area contributed by atoms with Gasteiger partial charge in [-0.1, -0.05) is 11.6 Å². The van der Waals surface area contributed by atoms with Crippen molar-refractivity contribution in [3.05, 3.63) is 63.2 Å². The van der Waals surface area contributed by atoms with Gasteiger partial charge in [0.15, 0.2) is 0 Å². The van der Waals surface area contributed by atoms with Crippen LogP contribution < -0.4 is 15.1 Å². The van der Waals surface area contributed by atoms with Gasteiger partial charge in [0.1, 0.15) is 0 Å². The molecule has 1 amide bonds. The van der Waals surface area contributed by atoms with Gasteiger partial charge in [0.25, 0.3) is 5.69 Å². The molecule has 5 rings (SSSR count). The van der Waals surface area contributed by atoms with Crippen LogP contribution in [0.1, 0.15) is 5.56 Å². The van der Waals surface area contributed by atoms with E-state index >= 15 is 0 Å².